The van der Waals surface area contributed by atoms with Gasteiger partial charge in [-0.05, 0) is 61.6 Å². The van der Waals surface area contributed by atoms with Crippen molar-refractivity contribution in [2.75, 3.05) is 14.2 Å². The molecule has 0 aromatic heterocycles. The zero-order valence-electron chi connectivity index (χ0n) is 20.3. The Morgan fingerprint density at radius 1 is 1.03 bits per heavy atom. The van der Waals surface area contributed by atoms with Crippen LogP contribution in [-0.2, 0) is 22.6 Å². The second-order valence-electron chi connectivity index (χ2n) is 8.86. The minimum absolute atomic E-state index is 0.0824. The van der Waals surface area contributed by atoms with Crippen LogP contribution < -0.4 is 14.8 Å². The fraction of sp³-hybridized carbons (Fsp3) is 0.481. The van der Waals surface area contributed by atoms with Gasteiger partial charge in [0.05, 0.1) is 14.2 Å². The lowest BCUT2D eigenvalue weighted by Gasteiger charge is -2.31. The van der Waals surface area contributed by atoms with Crippen LogP contribution in [0.3, 0.4) is 0 Å². The van der Waals surface area contributed by atoms with Crippen LogP contribution in [0.25, 0.3) is 0 Å². The van der Waals surface area contributed by atoms with Gasteiger partial charge < -0.3 is 19.7 Å². The van der Waals surface area contributed by atoms with Crippen molar-refractivity contribution in [1.82, 2.24) is 10.2 Å². The molecule has 2 aromatic carbocycles. The Bertz CT molecular complexity index is 975. The lowest BCUT2D eigenvalue weighted by molar-refractivity contribution is -0.141. The topological polar surface area (TPSA) is 67.9 Å². The van der Waals surface area contributed by atoms with Crippen molar-refractivity contribution in [3.63, 3.8) is 0 Å². The van der Waals surface area contributed by atoms with E-state index in [2.05, 4.69) is 5.32 Å². The Morgan fingerprint density at radius 2 is 1.76 bits per heavy atom. The van der Waals surface area contributed by atoms with E-state index in [-0.39, 0.29) is 24.3 Å². The molecular weight excluding hydrogens is 452 g/mol. The van der Waals surface area contributed by atoms with Crippen LogP contribution >= 0.6 is 11.6 Å². The highest BCUT2D eigenvalue weighted by atomic mass is 35.5. The summed E-state index contributed by atoms with van der Waals surface area (Å²) in [6.45, 7) is 2.13. The molecule has 7 heteroatoms. The first-order chi connectivity index (χ1) is 16.4. The minimum Gasteiger partial charge on any atom is -0.493 e. The van der Waals surface area contributed by atoms with Gasteiger partial charge in [-0.3, -0.25) is 9.59 Å². The van der Waals surface area contributed by atoms with E-state index in [1.54, 1.807) is 32.1 Å². The molecule has 2 aromatic rings. The molecule has 184 valence electrons. The van der Waals surface area contributed by atoms with Gasteiger partial charge in [0.25, 0.3) is 0 Å². The van der Waals surface area contributed by atoms with E-state index >= 15 is 0 Å². The molecule has 1 fully saturated rings. The molecule has 0 unspecified atom stereocenters. The Hall–Kier alpha value is -2.73. The van der Waals surface area contributed by atoms with Crippen molar-refractivity contribution in [1.29, 1.82) is 0 Å². The number of hydrogen-bond donors (Lipinski definition) is 1. The van der Waals surface area contributed by atoms with Crippen LogP contribution in [0, 0.1) is 0 Å². The van der Waals surface area contributed by atoms with Crippen molar-refractivity contribution in [2.45, 2.75) is 70.5 Å². The molecule has 0 aliphatic heterocycles. The van der Waals surface area contributed by atoms with E-state index in [9.17, 15) is 9.59 Å². The standard InChI is InChI=1S/C27H35ClN2O4/c1-19(27(32)29-23-10-5-4-6-11-23)30(18-21-8-7-9-22(28)16-21)26(31)15-13-20-12-14-24(33-2)25(17-20)34-3/h7-9,12,14,16-17,19,23H,4-6,10-11,13,15,18H2,1-3H3,(H,29,32)/t19-/m0/s1. The molecule has 3 rings (SSSR count). The number of carbonyl (C=O) groups excluding carboxylic acids is 2. The molecule has 0 heterocycles. The molecule has 2 amide bonds. The normalized spacial score (nSPS) is 14.8. The van der Waals surface area contributed by atoms with E-state index in [0.29, 0.717) is 29.5 Å². The summed E-state index contributed by atoms with van der Waals surface area (Å²) >= 11 is 6.17. The Morgan fingerprint density at radius 3 is 2.44 bits per heavy atom. The SMILES string of the molecule is COc1ccc(CCC(=O)N(Cc2cccc(Cl)c2)[C@@H](C)C(=O)NC2CCCCC2)cc1OC. The Labute approximate surface area is 207 Å². The Balaban J connectivity index is 1.72. The van der Waals surface area contributed by atoms with Gasteiger partial charge in [-0.1, -0.05) is 49.1 Å². The summed E-state index contributed by atoms with van der Waals surface area (Å²) in [4.78, 5) is 28.1. The fourth-order valence-corrected chi connectivity index (χ4v) is 4.63. The molecule has 6 nitrogen and oxygen atoms in total. The molecule has 0 radical (unpaired) electrons. The van der Waals surface area contributed by atoms with Gasteiger partial charge in [-0.15, -0.1) is 0 Å². The predicted octanol–water partition coefficient (Wildman–Crippen LogP) is 5.16. The van der Waals surface area contributed by atoms with Crippen LogP contribution in [0.2, 0.25) is 5.02 Å². The molecule has 1 aliphatic rings. The highest BCUT2D eigenvalue weighted by Crippen LogP contribution is 2.28. The summed E-state index contributed by atoms with van der Waals surface area (Å²) in [5.41, 5.74) is 1.86. The van der Waals surface area contributed by atoms with E-state index in [1.165, 1.54) is 6.42 Å². The number of methoxy groups -OCH3 is 2. The number of amides is 2. The Kier molecular flexibility index (Phi) is 9.63. The van der Waals surface area contributed by atoms with E-state index < -0.39 is 6.04 Å². The molecular formula is C27H35ClN2O4. The number of rotatable bonds is 10. The third-order valence-corrected chi connectivity index (χ3v) is 6.67. The summed E-state index contributed by atoms with van der Waals surface area (Å²) in [5, 5.41) is 3.77. The number of carbonyl (C=O) groups is 2. The van der Waals surface area contributed by atoms with Crippen LogP contribution in [0.4, 0.5) is 0 Å². The van der Waals surface area contributed by atoms with E-state index in [0.717, 1.165) is 36.8 Å². The molecule has 1 aliphatic carbocycles. The van der Waals surface area contributed by atoms with Gasteiger partial charge in [-0.25, -0.2) is 0 Å². The smallest absolute Gasteiger partial charge is 0.242 e. The van der Waals surface area contributed by atoms with Gasteiger partial charge in [0.15, 0.2) is 11.5 Å². The van der Waals surface area contributed by atoms with E-state index in [4.69, 9.17) is 21.1 Å². The second kappa shape index (κ2) is 12.7. The van der Waals surface area contributed by atoms with Crippen LogP contribution in [0.15, 0.2) is 42.5 Å². The third-order valence-electron chi connectivity index (χ3n) is 6.44. The van der Waals surface area contributed by atoms with Gasteiger partial charge in [0.1, 0.15) is 6.04 Å². The lowest BCUT2D eigenvalue weighted by Crippen LogP contribution is -2.50. The number of benzene rings is 2. The molecule has 0 spiro atoms. The monoisotopic (exact) mass is 486 g/mol. The fourth-order valence-electron chi connectivity index (χ4n) is 4.41. The molecule has 1 atom stereocenters. The predicted molar refractivity (Wildman–Crippen MR) is 134 cm³/mol. The highest BCUT2D eigenvalue weighted by Gasteiger charge is 2.28. The average Bonchev–Trinajstić information content (AvgIpc) is 2.85. The maximum Gasteiger partial charge on any atom is 0.242 e. The van der Waals surface area contributed by atoms with Crippen molar-refractivity contribution in [3.05, 3.63) is 58.6 Å². The number of hydrogen-bond acceptors (Lipinski definition) is 4. The van der Waals surface area contributed by atoms with Crippen molar-refractivity contribution < 1.29 is 19.1 Å². The third kappa shape index (κ3) is 7.13. The number of nitrogens with zero attached hydrogens (tertiary/aromatic N) is 1. The number of ether oxygens (including phenoxy) is 2. The summed E-state index contributed by atoms with van der Waals surface area (Å²) in [6, 6.07) is 12.7. The summed E-state index contributed by atoms with van der Waals surface area (Å²) in [7, 11) is 3.18. The highest BCUT2D eigenvalue weighted by molar-refractivity contribution is 6.30. The maximum atomic E-state index is 13.4. The van der Waals surface area contributed by atoms with Gasteiger partial charge in [-0.2, -0.15) is 0 Å². The number of aryl methyl sites for hydroxylation is 1. The van der Waals surface area contributed by atoms with Crippen molar-refractivity contribution >= 4 is 23.4 Å². The lowest BCUT2D eigenvalue weighted by atomic mass is 9.95. The number of halogens is 1. The van der Waals surface area contributed by atoms with Gasteiger partial charge in [0, 0.05) is 24.0 Å². The first-order valence-electron chi connectivity index (χ1n) is 12.0. The molecule has 1 N–H and O–H groups in total. The van der Waals surface area contributed by atoms with Crippen LogP contribution in [-0.4, -0.2) is 43.0 Å². The van der Waals surface area contributed by atoms with Crippen LogP contribution in [0.5, 0.6) is 11.5 Å². The van der Waals surface area contributed by atoms with Gasteiger partial charge in [0.2, 0.25) is 11.8 Å². The first kappa shape index (κ1) is 25.9. The minimum atomic E-state index is -0.584. The summed E-state index contributed by atoms with van der Waals surface area (Å²) in [6.07, 6.45) is 6.29. The molecule has 0 bridgehead atoms. The van der Waals surface area contributed by atoms with Crippen LogP contribution in [0.1, 0.15) is 56.6 Å². The van der Waals surface area contributed by atoms with E-state index in [1.807, 2.05) is 36.4 Å². The quantitative estimate of drug-likeness (QED) is 0.504. The average molecular weight is 487 g/mol. The van der Waals surface area contributed by atoms with Gasteiger partial charge >= 0.3 is 0 Å². The maximum absolute atomic E-state index is 13.4. The number of nitrogens with one attached hydrogen (secondary N) is 1. The molecule has 0 saturated heterocycles. The largest absolute Gasteiger partial charge is 0.493 e. The molecule has 34 heavy (non-hydrogen) atoms. The molecule has 1 saturated carbocycles. The summed E-state index contributed by atoms with van der Waals surface area (Å²) in [5.74, 6) is 1.09. The second-order valence-corrected chi connectivity index (χ2v) is 9.30. The summed E-state index contributed by atoms with van der Waals surface area (Å²) < 4.78 is 10.7. The van der Waals surface area contributed by atoms with Crippen molar-refractivity contribution in [2.24, 2.45) is 0 Å². The zero-order chi connectivity index (χ0) is 24.5. The zero-order valence-corrected chi connectivity index (χ0v) is 21.1. The van der Waals surface area contributed by atoms with Crippen molar-refractivity contribution in [3.8, 4) is 11.5 Å². The first-order valence-corrected chi connectivity index (χ1v) is 12.3.